The van der Waals surface area contributed by atoms with Gasteiger partial charge in [0.15, 0.2) is 0 Å². The number of ether oxygens (including phenoxy) is 1. The summed E-state index contributed by atoms with van der Waals surface area (Å²) in [6.45, 7) is 8.87. The molecule has 0 bridgehead atoms. The second-order valence-corrected chi connectivity index (χ2v) is 6.32. The molecule has 1 unspecified atom stereocenters. The Morgan fingerprint density at radius 2 is 2.05 bits per heavy atom. The molecular weight excluding hydrogens is 242 g/mol. The normalized spacial score (nSPS) is 21.4. The van der Waals surface area contributed by atoms with Gasteiger partial charge in [0.2, 0.25) is 0 Å². The van der Waals surface area contributed by atoms with Gasteiger partial charge in [-0.15, -0.1) is 0 Å². The van der Waals surface area contributed by atoms with Crippen molar-refractivity contribution in [2.45, 2.75) is 51.7 Å². The van der Waals surface area contributed by atoms with E-state index in [1.165, 1.54) is 0 Å². The Hall–Kier alpha value is -0.810. The van der Waals surface area contributed by atoms with Gasteiger partial charge in [-0.1, -0.05) is 0 Å². The molecule has 0 aromatic rings. The van der Waals surface area contributed by atoms with Gasteiger partial charge >= 0.3 is 6.09 Å². The van der Waals surface area contributed by atoms with Crippen molar-refractivity contribution in [2.24, 2.45) is 5.73 Å². The Bertz CT molecular complexity index is 289. The lowest BCUT2D eigenvalue weighted by atomic mass is 10.1. The van der Waals surface area contributed by atoms with Crippen LogP contribution in [-0.4, -0.2) is 60.8 Å². The number of likely N-dealkylation sites (tertiary alicyclic amines) is 1. The van der Waals surface area contributed by atoms with Crippen LogP contribution in [0.5, 0.6) is 0 Å². The monoisotopic (exact) mass is 271 g/mol. The van der Waals surface area contributed by atoms with Gasteiger partial charge in [0.05, 0.1) is 0 Å². The third kappa shape index (κ3) is 5.78. The lowest BCUT2D eigenvalue weighted by Gasteiger charge is -2.28. The highest BCUT2D eigenvalue weighted by atomic mass is 16.6. The Labute approximate surface area is 117 Å². The van der Waals surface area contributed by atoms with Crippen LogP contribution < -0.4 is 5.73 Å². The highest BCUT2D eigenvalue weighted by Gasteiger charge is 2.26. The molecule has 0 radical (unpaired) electrons. The molecule has 1 fully saturated rings. The van der Waals surface area contributed by atoms with E-state index < -0.39 is 5.60 Å². The van der Waals surface area contributed by atoms with Crippen LogP contribution in [-0.2, 0) is 4.74 Å². The predicted molar refractivity (Wildman–Crippen MR) is 77.1 cm³/mol. The molecule has 1 amide bonds. The molecule has 0 aliphatic carbocycles. The molecule has 0 aromatic carbocycles. The summed E-state index contributed by atoms with van der Waals surface area (Å²) in [5.41, 5.74) is 5.18. The first kappa shape index (κ1) is 16.2. The van der Waals surface area contributed by atoms with Crippen LogP contribution in [0.15, 0.2) is 0 Å². The molecule has 1 aliphatic heterocycles. The molecule has 0 saturated carbocycles. The summed E-state index contributed by atoms with van der Waals surface area (Å²) in [4.78, 5) is 16.2. The molecule has 5 nitrogen and oxygen atoms in total. The highest BCUT2D eigenvalue weighted by molar-refractivity contribution is 5.68. The third-order valence-electron chi connectivity index (χ3n) is 3.45. The van der Waals surface area contributed by atoms with E-state index in [4.69, 9.17) is 10.5 Å². The molecule has 19 heavy (non-hydrogen) atoms. The maximum Gasteiger partial charge on any atom is 0.410 e. The topological polar surface area (TPSA) is 58.8 Å². The van der Waals surface area contributed by atoms with E-state index in [2.05, 4.69) is 11.9 Å². The van der Waals surface area contributed by atoms with Gasteiger partial charge in [-0.3, -0.25) is 0 Å². The number of amides is 1. The van der Waals surface area contributed by atoms with Crippen LogP contribution in [0, 0.1) is 0 Å². The number of likely N-dealkylation sites (N-methyl/N-ethyl adjacent to an activating group) is 1. The lowest BCUT2D eigenvalue weighted by Crippen LogP contribution is -2.39. The maximum absolute atomic E-state index is 12.0. The molecule has 2 N–H and O–H groups in total. The van der Waals surface area contributed by atoms with Crippen molar-refractivity contribution in [1.29, 1.82) is 0 Å². The SMILES string of the molecule is CN(CCN)C1CCCN(C(=O)OC(C)(C)C)CC1. The minimum absolute atomic E-state index is 0.186. The van der Waals surface area contributed by atoms with Crippen LogP contribution in [0.3, 0.4) is 0 Å². The van der Waals surface area contributed by atoms with E-state index in [1.807, 2.05) is 25.7 Å². The van der Waals surface area contributed by atoms with E-state index in [0.29, 0.717) is 12.6 Å². The van der Waals surface area contributed by atoms with E-state index in [1.54, 1.807) is 0 Å². The summed E-state index contributed by atoms with van der Waals surface area (Å²) >= 11 is 0. The zero-order valence-corrected chi connectivity index (χ0v) is 12.8. The second-order valence-electron chi connectivity index (χ2n) is 6.32. The fraction of sp³-hybridized carbons (Fsp3) is 0.929. The first-order valence-corrected chi connectivity index (χ1v) is 7.21. The average molecular weight is 271 g/mol. The Morgan fingerprint density at radius 3 is 2.63 bits per heavy atom. The smallest absolute Gasteiger partial charge is 0.410 e. The molecular formula is C14H29N3O2. The number of nitrogens with zero attached hydrogens (tertiary/aromatic N) is 2. The Balaban J connectivity index is 2.47. The standard InChI is InChI=1S/C14H29N3O2/c1-14(2,3)19-13(18)17-9-5-6-12(7-10-17)16(4)11-8-15/h12H,5-11,15H2,1-4H3. The van der Waals surface area contributed by atoms with Crippen molar-refractivity contribution in [1.82, 2.24) is 9.80 Å². The first-order valence-electron chi connectivity index (χ1n) is 7.21. The summed E-state index contributed by atoms with van der Waals surface area (Å²) in [7, 11) is 2.11. The number of carbonyl (C=O) groups excluding carboxylic acids is 1. The minimum atomic E-state index is -0.418. The lowest BCUT2D eigenvalue weighted by molar-refractivity contribution is 0.0253. The van der Waals surface area contributed by atoms with E-state index >= 15 is 0 Å². The number of nitrogens with two attached hydrogens (primary N) is 1. The van der Waals surface area contributed by atoms with Crippen molar-refractivity contribution in [2.75, 3.05) is 33.2 Å². The maximum atomic E-state index is 12.0. The average Bonchev–Trinajstić information content (AvgIpc) is 2.52. The molecule has 112 valence electrons. The quantitative estimate of drug-likeness (QED) is 0.848. The fourth-order valence-corrected chi connectivity index (χ4v) is 2.41. The van der Waals surface area contributed by atoms with Gasteiger partial charge in [-0.2, -0.15) is 0 Å². The van der Waals surface area contributed by atoms with Crippen molar-refractivity contribution in [3.05, 3.63) is 0 Å². The van der Waals surface area contributed by atoms with Gasteiger partial charge in [-0.25, -0.2) is 4.79 Å². The van der Waals surface area contributed by atoms with Gasteiger partial charge in [0.1, 0.15) is 5.60 Å². The fourth-order valence-electron chi connectivity index (χ4n) is 2.41. The van der Waals surface area contributed by atoms with Crippen molar-refractivity contribution < 1.29 is 9.53 Å². The second kappa shape index (κ2) is 7.10. The molecule has 1 atom stereocenters. The number of hydrogen-bond acceptors (Lipinski definition) is 4. The van der Waals surface area contributed by atoms with Crippen LogP contribution in [0.4, 0.5) is 4.79 Å². The molecule has 5 heteroatoms. The van der Waals surface area contributed by atoms with Gasteiger partial charge in [0, 0.05) is 32.2 Å². The van der Waals surface area contributed by atoms with E-state index in [0.717, 1.165) is 38.9 Å². The molecule has 1 heterocycles. The zero-order valence-electron chi connectivity index (χ0n) is 12.8. The van der Waals surface area contributed by atoms with Crippen LogP contribution >= 0.6 is 0 Å². The molecule has 0 aromatic heterocycles. The summed E-state index contributed by atoms with van der Waals surface area (Å²) in [6.07, 6.45) is 2.96. The van der Waals surface area contributed by atoms with Gasteiger partial charge in [-0.05, 0) is 47.1 Å². The van der Waals surface area contributed by atoms with Crippen LogP contribution in [0.25, 0.3) is 0 Å². The van der Waals surface area contributed by atoms with E-state index in [-0.39, 0.29) is 6.09 Å². The molecule has 0 spiro atoms. The highest BCUT2D eigenvalue weighted by Crippen LogP contribution is 2.18. The van der Waals surface area contributed by atoms with Crippen LogP contribution in [0.1, 0.15) is 40.0 Å². The summed E-state index contributed by atoms with van der Waals surface area (Å²) in [6, 6.07) is 0.524. The van der Waals surface area contributed by atoms with Gasteiger partial charge in [0.25, 0.3) is 0 Å². The van der Waals surface area contributed by atoms with E-state index in [9.17, 15) is 4.79 Å². The minimum Gasteiger partial charge on any atom is -0.444 e. The van der Waals surface area contributed by atoms with Crippen molar-refractivity contribution in [3.8, 4) is 0 Å². The summed E-state index contributed by atoms with van der Waals surface area (Å²) in [5, 5.41) is 0. The van der Waals surface area contributed by atoms with Gasteiger partial charge < -0.3 is 20.3 Å². The van der Waals surface area contributed by atoms with Crippen molar-refractivity contribution in [3.63, 3.8) is 0 Å². The molecule has 1 saturated heterocycles. The number of carbonyl (C=O) groups is 1. The largest absolute Gasteiger partial charge is 0.444 e. The summed E-state index contributed by atoms with van der Waals surface area (Å²) < 4.78 is 5.43. The zero-order chi connectivity index (χ0) is 14.5. The number of rotatable bonds is 3. The Kier molecular flexibility index (Phi) is 6.07. The Morgan fingerprint density at radius 1 is 1.37 bits per heavy atom. The van der Waals surface area contributed by atoms with Crippen molar-refractivity contribution >= 4 is 6.09 Å². The molecule has 1 rings (SSSR count). The first-order chi connectivity index (χ1) is 8.83. The van der Waals surface area contributed by atoms with Crippen LogP contribution in [0.2, 0.25) is 0 Å². The molecule has 1 aliphatic rings. The summed E-state index contributed by atoms with van der Waals surface area (Å²) in [5.74, 6) is 0. The number of hydrogen-bond donors (Lipinski definition) is 1. The third-order valence-corrected chi connectivity index (χ3v) is 3.45. The predicted octanol–water partition coefficient (Wildman–Crippen LogP) is 1.67.